The van der Waals surface area contributed by atoms with Gasteiger partial charge < -0.3 is 4.90 Å². The fourth-order valence-electron chi connectivity index (χ4n) is 5.86. The Labute approximate surface area is 190 Å². The van der Waals surface area contributed by atoms with E-state index in [1.54, 1.807) is 0 Å². The molecule has 0 aromatic heterocycles. The van der Waals surface area contributed by atoms with Crippen molar-refractivity contribution in [1.82, 2.24) is 4.90 Å². The molecule has 0 aromatic carbocycles. The molecular weight excluding hydrogens is 378 g/mol. The van der Waals surface area contributed by atoms with Gasteiger partial charge in [-0.05, 0) is 88.2 Å². The lowest BCUT2D eigenvalue weighted by molar-refractivity contribution is -0.132. The second-order valence-electron chi connectivity index (χ2n) is 10.7. The third-order valence-electron chi connectivity index (χ3n) is 7.65. The second-order valence-corrected chi connectivity index (χ2v) is 10.7. The molecule has 2 unspecified atom stereocenters. The molecule has 170 valence electrons. The van der Waals surface area contributed by atoms with Crippen LogP contribution in [-0.2, 0) is 4.79 Å². The molecule has 0 aromatic rings. The van der Waals surface area contributed by atoms with Crippen molar-refractivity contribution >= 4 is 5.91 Å². The van der Waals surface area contributed by atoms with E-state index in [1.807, 2.05) is 13.0 Å². The van der Waals surface area contributed by atoms with Crippen LogP contribution in [0.25, 0.3) is 0 Å². The van der Waals surface area contributed by atoms with E-state index in [0.717, 1.165) is 24.5 Å². The number of hydrogen-bond donors (Lipinski definition) is 0. The first-order valence-electron chi connectivity index (χ1n) is 12.5. The monoisotopic (exact) mass is 421 g/mol. The van der Waals surface area contributed by atoms with E-state index in [0.29, 0.717) is 6.04 Å². The van der Waals surface area contributed by atoms with Crippen LogP contribution >= 0.6 is 0 Å². The summed E-state index contributed by atoms with van der Waals surface area (Å²) in [5.41, 5.74) is 5.58. The van der Waals surface area contributed by atoms with Crippen LogP contribution in [0.5, 0.6) is 0 Å². The van der Waals surface area contributed by atoms with Crippen molar-refractivity contribution in [2.75, 3.05) is 6.54 Å². The number of rotatable bonds is 5. The van der Waals surface area contributed by atoms with Gasteiger partial charge in [0.15, 0.2) is 0 Å². The molecular formula is C29H43NO. The lowest BCUT2D eigenvalue weighted by Crippen LogP contribution is -2.49. The zero-order valence-corrected chi connectivity index (χ0v) is 20.5. The van der Waals surface area contributed by atoms with Gasteiger partial charge in [-0.2, -0.15) is 0 Å². The maximum absolute atomic E-state index is 12.9. The molecule has 0 radical (unpaired) electrons. The molecule has 1 saturated carbocycles. The summed E-state index contributed by atoms with van der Waals surface area (Å²) in [6, 6.07) is 0.483. The Morgan fingerprint density at radius 1 is 1.00 bits per heavy atom. The van der Waals surface area contributed by atoms with Gasteiger partial charge in [-0.25, -0.2) is 0 Å². The highest BCUT2D eigenvalue weighted by molar-refractivity contribution is 5.89. The summed E-state index contributed by atoms with van der Waals surface area (Å²) in [5.74, 6) is 0.947. The van der Waals surface area contributed by atoms with Crippen LogP contribution in [-0.4, -0.2) is 23.4 Å². The lowest BCUT2D eigenvalue weighted by atomic mass is 9.72. The summed E-state index contributed by atoms with van der Waals surface area (Å²) in [7, 11) is 0. The van der Waals surface area contributed by atoms with Gasteiger partial charge in [-0.3, -0.25) is 4.79 Å². The van der Waals surface area contributed by atoms with E-state index in [-0.39, 0.29) is 11.3 Å². The predicted octanol–water partition coefficient (Wildman–Crippen LogP) is 7.70. The Morgan fingerprint density at radius 3 is 2.52 bits per heavy atom. The first-order chi connectivity index (χ1) is 14.8. The van der Waals surface area contributed by atoms with Gasteiger partial charge in [-0.15, -0.1) is 0 Å². The average molecular weight is 422 g/mol. The van der Waals surface area contributed by atoms with Crippen LogP contribution in [0.4, 0.5) is 0 Å². The van der Waals surface area contributed by atoms with E-state index in [9.17, 15) is 4.79 Å². The molecule has 2 nitrogen and oxygen atoms in total. The molecule has 1 amide bonds. The molecule has 1 heterocycles. The lowest BCUT2D eigenvalue weighted by Gasteiger charge is -2.43. The fourth-order valence-corrected chi connectivity index (χ4v) is 5.86. The normalized spacial score (nSPS) is 27.8. The first-order valence-corrected chi connectivity index (χ1v) is 12.5. The Balaban J connectivity index is 1.59. The third kappa shape index (κ3) is 6.34. The zero-order valence-electron chi connectivity index (χ0n) is 20.5. The SMILES string of the molecule is CC1=C(/C=C/C(C)=C/C=C/C(C)=C/C(=O)N2CCCC3CCCCC32)C(C)(C)CCC1. The fraction of sp³-hybridized carbons (Fsp3) is 0.621. The Bertz CT molecular complexity index is 803. The summed E-state index contributed by atoms with van der Waals surface area (Å²) in [5, 5.41) is 0. The quantitative estimate of drug-likeness (QED) is 0.329. The summed E-state index contributed by atoms with van der Waals surface area (Å²) in [4.78, 5) is 15.1. The van der Waals surface area contributed by atoms with Crippen LogP contribution in [0.3, 0.4) is 0 Å². The third-order valence-corrected chi connectivity index (χ3v) is 7.65. The van der Waals surface area contributed by atoms with Crippen LogP contribution in [0.1, 0.15) is 92.4 Å². The minimum absolute atomic E-state index is 0.210. The minimum Gasteiger partial charge on any atom is -0.336 e. The summed E-state index contributed by atoms with van der Waals surface area (Å²) < 4.78 is 0. The number of fused-ring (bicyclic) bond motifs is 1. The number of amides is 1. The smallest absolute Gasteiger partial charge is 0.247 e. The number of piperidine rings is 1. The number of carbonyl (C=O) groups is 1. The van der Waals surface area contributed by atoms with E-state index in [2.05, 4.69) is 63.0 Å². The van der Waals surface area contributed by atoms with Crippen molar-refractivity contribution in [3.63, 3.8) is 0 Å². The molecule has 1 aliphatic heterocycles. The standard InChI is InChI=1S/C29H43NO/c1-22(17-18-26-24(3)13-9-19-29(26,4)5)11-8-12-23(2)21-28(31)30-20-10-15-25-14-6-7-16-27(25)30/h8,11-12,17-18,21,25,27H,6-7,9-10,13-16,19-20H2,1-5H3/b12-8+,18-17+,22-11+,23-21+. The Hall–Kier alpha value is -1.83. The van der Waals surface area contributed by atoms with Gasteiger partial charge in [0, 0.05) is 18.7 Å². The largest absolute Gasteiger partial charge is 0.336 e. The molecule has 2 heteroatoms. The number of nitrogens with zero attached hydrogens (tertiary/aromatic N) is 1. The van der Waals surface area contributed by atoms with Crippen LogP contribution in [0.15, 0.2) is 58.7 Å². The first kappa shape index (κ1) is 23.8. The van der Waals surface area contributed by atoms with Crippen LogP contribution < -0.4 is 0 Å². The topological polar surface area (TPSA) is 20.3 Å². The molecule has 2 aliphatic carbocycles. The van der Waals surface area contributed by atoms with Crippen molar-refractivity contribution in [2.45, 2.75) is 98.4 Å². The highest BCUT2D eigenvalue weighted by atomic mass is 16.2. The van der Waals surface area contributed by atoms with Gasteiger partial charge in [-0.1, -0.05) is 68.2 Å². The molecule has 31 heavy (non-hydrogen) atoms. The second kappa shape index (κ2) is 10.7. The number of allylic oxidation sites excluding steroid dienone is 9. The molecule has 2 atom stereocenters. The van der Waals surface area contributed by atoms with Gasteiger partial charge in [0.1, 0.15) is 0 Å². The van der Waals surface area contributed by atoms with Crippen molar-refractivity contribution in [1.29, 1.82) is 0 Å². The van der Waals surface area contributed by atoms with E-state index < -0.39 is 0 Å². The molecule has 1 saturated heterocycles. The Morgan fingerprint density at radius 2 is 1.74 bits per heavy atom. The van der Waals surface area contributed by atoms with E-state index in [1.165, 1.54) is 68.1 Å². The highest BCUT2D eigenvalue weighted by Crippen LogP contribution is 2.40. The van der Waals surface area contributed by atoms with Gasteiger partial charge in [0.25, 0.3) is 0 Å². The van der Waals surface area contributed by atoms with Crippen molar-refractivity contribution in [3.8, 4) is 0 Å². The predicted molar refractivity (Wildman–Crippen MR) is 133 cm³/mol. The highest BCUT2D eigenvalue weighted by Gasteiger charge is 2.34. The molecule has 0 spiro atoms. The summed E-state index contributed by atoms with van der Waals surface area (Å²) in [6.07, 6.45) is 24.1. The van der Waals surface area contributed by atoms with Gasteiger partial charge in [0.2, 0.25) is 5.91 Å². The minimum atomic E-state index is 0.210. The molecule has 2 fully saturated rings. The Kier molecular flexibility index (Phi) is 8.19. The van der Waals surface area contributed by atoms with Crippen molar-refractivity contribution in [2.24, 2.45) is 11.3 Å². The average Bonchev–Trinajstić information content (AvgIpc) is 2.72. The van der Waals surface area contributed by atoms with Crippen molar-refractivity contribution in [3.05, 3.63) is 58.7 Å². The maximum atomic E-state index is 12.9. The summed E-state index contributed by atoms with van der Waals surface area (Å²) >= 11 is 0. The van der Waals surface area contributed by atoms with E-state index >= 15 is 0 Å². The molecule has 0 bridgehead atoms. The van der Waals surface area contributed by atoms with Gasteiger partial charge >= 0.3 is 0 Å². The summed E-state index contributed by atoms with van der Waals surface area (Å²) in [6.45, 7) is 12.1. The van der Waals surface area contributed by atoms with Crippen LogP contribution in [0, 0.1) is 11.3 Å². The van der Waals surface area contributed by atoms with Crippen molar-refractivity contribution < 1.29 is 4.79 Å². The zero-order chi connectivity index (χ0) is 22.4. The maximum Gasteiger partial charge on any atom is 0.247 e. The van der Waals surface area contributed by atoms with Gasteiger partial charge in [0.05, 0.1) is 0 Å². The molecule has 0 N–H and O–H groups in total. The number of hydrogen-bond acceptors (Lipinski definition) is 1. The molecule has 3 rings (SSSR count). The van der Waals surface area contributed by atoms with Crippen LogP contribution in [0.2, 0.25) is 0 Å². The van der Waals surface area contributed by atoms with E-state index in [4.69, 9.17) is 0 Å². The number of carbonyl (C=O) groups excluding carboxylic acids is 1. The molecule has 3 aliphatic rings. The number of likely N-dealkylation sites (tertiary alicyclic amines) is 1.